The zero-order valence-corrected chi connectivity index (χ0v) is 16.6. The van der Waals surface area contributed by atoms with Crippen LogP contribution in [0.5, 0.6) is 0 Å². The van der Waals surface area contributed by atoms with E-state index in [0.717, 1.165) is 24.0 Å². The maximum absolute atomic E-state index is 13.2. The fraction of sp³-hybridized carbons (Fsp3) is 0.391. The molecule has 0 atom stereocenters. The molecule has 2 aromatic rings. The molecule has 27 heavy (non-hydrogen) atoms. The van der Waals surface area contributed by atoms with E-state index in [1.165, 1.54) is 12.5 Å². The van der Waals surface area contributed by atoms with E-state index < -0.39 is 0 Å². The summed E-state index contributed by atoms with van der Waals surface area (Å²) < 4.78 is 0. The Balaban J connectivity index is 1.80. The number of amides is 2. The van der Waals surface area contributed by atoms with E-state index in [0.29, 0.717) is 29.8 Å². The summed E-state index contributed by atoms with van der Waals surface area (Å²) >= 11 is 0. The molecule has 0 aromatic heterocycles. The van der Waals surface area contributed by atoms with Gasteiger partial charge in [-0.05, 0) is 54.5 Å². The molecular weight excluding hydrogens is 336 g/mol. The third-order valence-corrected chi connectivity index (χ3v) is 5.04. The molecule has 1 saturated carbocycles. The van der Waals surface area contributed by atoms with Crippen molar-refractivity contribution in [3.8, 4) is 0 Å². The summed E-state index contributed by atoms with van der Waals surface area (Å²) in [7, 11) is 0. The van der Waals surface area contributed by atoms with Gasteiger partial charge in [0.05, 0.1) is 0 Å². The lowest BCUT2D eigenvalue weighted by atomic mass is 10.0. The molecule has 0 saturated heterocycles. The molecule has 0 aliphatic heterocycles. The zero-order valence-electron chi connectivity index (χ0n) is 16.6. The summed E-state index contributed by atoms with van der Waals surface area (Å²) in [6.07, 6.45) is 2.11. The van der Waals surface area contributed by atoms with Crippen molar-refractivity contribution in [1.29, 1.82) is 0 Å². The van der Waals surface area contributed by atoms with Gasteiger partial charge in [0.15, 0.2) is 0 Å². The van der Waals surface area contributed by atoms with E-state index in [1.54, 1.807) is 6.07 Å². The average Bonchev–Trinajstić information content (AvgIpc) is 3.46. The number of nitrogens with one attached hydrogen (secondary N) is 1. The molecule has 142 valence electrons. The van der Waals surface area contributed by atoms with Gasteiger partial charge in [0.25, 0.3) is 5.91 Å². The van der Waals surface area contributed by atoms with Crippen LogP contribution < -0.4 is 5.32 Å². The van der Waals surface area contributed by atoms with Gasteiger partial charge in [-0.15, -0.1) is 0 Å². The molecule has 0 spiro atoms. The summed E-state index contributed by atoms with van der Waals surface area (Å²) in [4.78, 5) is 26.5. The van der Waals surface area contributed by atoms with Crippen LogP contribution >= 0.6 is 0 Å². The number of nitrogens with zero attached hydrogens (tertiary/aromatic N) is 1. The van der Waals surface area contributed by atoms with E-state index in [4.69, 9.17) is 0 Å². The molecule has 1 aliphatic carbocycles. The van der Waals surface area contributed by atoms with Crippen LogP contribution in [0.25, 0.3) is 0 Å². The number of hydrogen-bond acceptors (Lipinski definition) is 2. The quantitative estimate of drug-likeness (QED) is 0.794. The highest BCUT2D eigenvalue weighted by Crippen LogP contribution is 2.31. The number of hydrogen-bond donors (Lipinski definition) is 1. The molecule has 1 N–H and O–H groups in total. The lowest BCUT2D eigenvalue weighted by Crippen LogP contribution is -2.32. The topological polar surface area (TPSA) is 49.4 Å². The van der Waals surface area contributed by atoms with Gasteiger partial charge in [0.1, 0.15) is 0 Å². The Morgan fingerprint density at radius 3 is 2.33 bits per heavy atom. The summed E-state index contributed by atoms with van der Waals surface area (Å²) in [6, 6.07) is 14.4. The summed E-state index contributed by atoms with van der Waals surface area (Å²) in [5, 5.41) is 2.81. The van der Waals surface area contributed by atoms with Gasteiger partial charge in [-0.3, -0.25) is 9.59 Å². The van der Waals surface area contributed by atoms with Crippen LogP contribution in [0, 0.1) is 6.92 Å². The fourth-order valence-electron chi connectivity index (χ4n) is 3.20. The molecule has 1 fully saturated rings. The Morgan fingerprint density at radius 2 is 1.78 bits per heavy atom. The van der Waals surface area contributed by atoms with Crippen molar-refractivity contribution in [3.63, 3.8) is 0 Å². The second-order valence-corrected chi connectivity index (χ2v) is 7.77. The lowest BCUT2D eigenvalue weighted by Gasteiger charge is -2.23. The van der Waals surface area contributed by atoms with Crippen molar-refractivity contribution in [1.82, 2.24) is 4.90 Å². The van der Waals surface area contributed by atoms with Gasteiger partial charge in [-0.2, -0.15) is 0 Å². The van der Waals surface area contributed by atoms with Gasteiger partial charge >= 0.3 is 0 Å². The molecule has 0 unspecified atom stereocenters. The van der Waals surface area contributed by atoms with Crippen molar-refractivity contribution < 1.29 is 9.59 Å². The number of aryl methyl sites for hydroxylation is 1. The number of anilines is 1. The highest BCUT2D eigenvalue weighted by Gasteiger charge is 2.33. The zero-order chi connectivity index (χ0) is 19.6. The number of carbonyl (C=O) groups excluding carboxylic acids is 2. The first kappa shape index (κ1) is 19.2. The molecule has 0 bridgehead atoms. The molecule has 2 amide bonds. The Hall–Kier alpha value is -2.62. The molecule has 4 nitrogen and oxygen atoms in total. The minimum absolute atomic E-state index is 0.0250. The molecule has 0 heterocycles. The van der Waals surface area contributed by atoms with Crippen LogP contribution in [0.15, 0.2) is 42.5 Å². The Bertz CT molecular complexity index is 836. The third kappa shape index (κ3) is 4.76. The number of rotatable bonds is 6. The average molecular weight is 364 g/mol. The fourth-order valence-corrected chi connectivity index (χ4v) is 3.20. The van der Waals surface area contributed by atoms with Crippen LogP contribution in [0.1, 0.15) is 66.6 Å². The van der Waals surface area contributed by atoms with E-state index in [9.17, 15) is 9.59 Å². The van der Waals surface area contributed by atoms with E-state index >= 15 is 0 Å². The van der Waals surface area contributed by atoms with Crippen LogP contribution in [-0.2, 0) is 11.3 Å². The summed E-state index contributed by atoms with van der Waals surface area (Å²) in [5.41, 5.74) is 4.72. The highest BCUT2D eigenvalue weighted by atomic mass is 16.2. The summed E-state index contributed by atoms with van der Waals surface area (Å²) in [5.74, 6) is 0.393. The van der Waals surface area contributed by atoms with Crippen molar-refractivity contribution >= 4 is 17.5 Å². The van der Waals surface area contributed by atoms with Crippen LogP contribution in [0.2, 0.25) is 0 Å². The van der Waals surface area contributed by atoms with Crippen LogP contribution in [0.3, 0.4) is 0 Å². The predicted molar refractivity (Wildman–Crippen MR) is 109 cm³/mol. The largest absolute Gasteiger partial charge is 0.331 e. The molecular formula is C23H28N2O2. The Morgan fingerprint density at radius 1 is 1.11 bits per heavy atom. The first-order valence-electron chi connectivity index (χ1n) is 9.63. The maximum atomic E-state index is 13.2. The van der Waals surface area contributed by atoms with Gasteiger partial charge in [0.2, 0.25) is 5.91 Å². The second-order valence-electron chi connectivity index (χ2n) is 7.77. The Kier molecular flexibility index (Phi) is 5.64. The van der Waals surface area contributed by atoms with E-state index in [2.05, 4.69) is 43.4 Å². The SMILES string of the molecule is CC(=O)Nc1cc(C(=O)N(Cc2ccc(C(C)C)cc2)C2CC2)ccc1C. The normalized spacial score (nSPS) is 13.5. The van der Waals surface area contributed by atoms with Crippen molar-refractivity contribution in [2.45, 2.75) is 59.0 Å². The second kappa shape index (κ2) is 7.95. The summed E-state index contributed by atoms with van der Waals surface area (Å²) in [6.45, 7) is 8.38. The van der Waals surface area contributed by atoms with Crippen LogP contribution in [-0.4, -0.2) is 22.8 Å². The van der Waals surface area contributed by atoms with Crippen LogP contribution in [0.4, 0.5) is 5.69 Å². The molecule has 0 radical (unpaired) electrons. The first-order chi connectivity index (χ1) is 12.8. The van der Waals surface area contributed by atoms with Crippen molar-refractivity contribution in [3.05, 3.63) is 64.7 Å². The minimum Gasteiger partial charge on any atom is -0.331 e. The van der Waals surface area contributed by atoms with Gasteiger partial charge < -0.3 is 10.2 Å². The van der Waals surface area contributed by atoms with Gasteiger partial charge in [0, 0.05) is 30.8 Å². The van der Waals surface area contributed by atoms with E-state index in [1.807, 2.05) is 24.0 Å². The van der Waals surface area contributed by atoms with Gasteiger partial charge in [-0.25, -0.2) is 0 Å². The third-order valence-electron chi connectivity index (χ3n) is 5.04. The van der Waals surface area contributed by atoms with Crippen molar-refractivity contribution in [2.24, 2.45) is 0 Å². The van der Waals surface area contributed by atoms with Gasteiger partial charge in [-0.1, -0.05) is 44.2 Å². The van der Waals surface area contributed by atoms with E-state index in [-0.39, 0.29) is 11.8 Å². The molecule has 4 heteroatoms. The standard InChI is InChI=1S/C23H28N2O2/c1-15(2)19-9-6-18(7-10-19)14-25(21-11-12-21)23(27)20-8-5-16(3)22(13-20)24-17(4)26/h5-10,13,15,21H,11-12,14H2,1-4H3,(H,24,26). The maximum Gasteiger partial charge on any atom is 0.254 e. The predicted octanol–water partition coefficient (Wildman–Crippen LogP) is 4.88. The molecule has 2 aromatic carbocycles. The highest BCUT2D eigenvalue weighted by molar-refractivity contribution is 5.97. The number of carbonyl (C=O) groups is 2. The van der Waals surface area contributed by atoms with Crippen molar-refractivity contribution in [2.75, 3.05) is 5.32 Å². The molecule has 3 rings (SSSR count). The Labute approximate surface area is 161 Å². The monoisotopic (exact) mass is 364 g/mol. The molecule has 1 aliphatic rings. The minimum atomic E-state index is -0.132. The first-order valence-corrected chi connectivity index (χ1v) is 9.63. The lowest BCUT2D eigenvalue weighted by molar-refractivity contribution is -0.114. The number of benzene rings is 2. The smallest absolute Gasteiger partial charge is 0.254 e.